The summed E-state index contributed by atoms with van der Waals surface area (Å²) in [7, 11) is -3.80. The zero-order valence-corrected chi connectivity index (χ0v) is 13.5. The lowest BCUT2D eigenvalue weighted by Gasteiger charge is -2.08. The molecule has 0 fully saturated rings. The van der Waals surface area contributed by atoms with Crippen LogP contribution in [-0.4, -0.2) is 28.8 Å². The van der Waals surface area contributed by atoms with Crippen molar-refractivity contribution in [2.75, 3.05) is 4.72 Å². The molecule has 0 unspecified atom stereocenters. The summed E-state index contributed by atoms with van der Waals surface area (Å²) in [6, 6.07) is 6.77. The van der Waals surface area contributed by atoms with Crippen molar-refractivity contribution in [3.05, 3.63) is 42.4 Å². The van der Waals surface area contributed by atoms with Crippen LogP contribution in [0.15, 0.2) is 46.1 Å². The molecule has 1 aromatic carbocycles. The number of aromatic amines is 1. The zero-order chi connectivity index (χ0) is 16.7. The fraction of sp³-hybridized carbons (Fsp3) is 0.133. The van der Waals surface area contributed by atoms with Crippen LogP contribution < -0.4 is 4.72 Å². The van der Waals surface area contributed by atoms with Crippen molar-refractivity contribution in [3.8, 4) is 0 Å². The van der Waals surface area contributed by atoms with Crippen molar-refractivity contribution in [3.63, 3.8) is 0 Å². The SMILES string of the molecule is CCc1noc2ncc(S(=O)(=O)Nc3cccc4[nH]ncc34)cc12. The number of nitrogens with one attached hydrogen (secondary N) is 2. The van der Waals surface area contributed by atoms with Gasteiger partial charge in [0.2, 0.25) is 0 Å². The Morgan fingerprint density at radius 3 is 2.96 bits per heavy atom. The highest BCUT2D eigenvalue weighted by molar-refractivity contribution is 7.92. The third-order valence-electron chi connectivity index (χ3n) is 3.75. The van der Waals surface area contributed by atoms with E-state index in [9.17, 15) is 8.42 Å². The number of aromatic nitrogens is 4. The largest absolute Gasteiger partial charge is 0.336 e. The summed E-state index contributed by atoms with van der Waals surface area (Å²) in [5.74, 6) is 0. The van der Waals surface area contributed by atoms with Crippen LogP contribution in [0.3, 0.4) is 0 Å². The maximum atomic E-state index is 12.7. The second-order valence-electron chi connectivity index (χ2n) is 5.25. The number of anilines is 1. The van der Waals surface area contributed by atoms with Crippen LogP contribution in [0.25, 0.3) is 22.0 Å². The van der Waals surface area contributed by atoms with Crippen molar-refractivity contribution in [2.24, 2.45) is 0 Å². The number of nitrogens with zero attached hydrogens (tertiary/aromatic N) is 3. The molecule has 4 aromatic rings. The number of benzene rings is 1. The molecule has 0 saturated heterocycles. The molecular weight excluding hydrogens is 330 g/mol. The van der Waals surface area contributed by atoms with E-state index < -0.39 is 10.0 Å². The zero-order valence-electron chi connectivity index (χ0n) is 12.6. The normalized spacial score (nSPS) is 12.0. The van der Waals surface area contributed by atoms with E-state index in [1.165, 1.54) is 12.3 Å². The molecule has 0 spiro atoms. The number of sulfonamides is 1. The number of hydrogen-bond donors (Lipinski definition) is 2. The van der Waals surface area contributed by atoms with Crippen LogP contribution in [0.1, 0.15) is 12.6 Å². The predicted molar refractivity (Wildman–Crippen MR) is 88.1 cm³/mol. The fourth-order valence-electron chi connectivity index (χ4n) is 2.52. The van der Waals surface area contributed by atoms with E-state index in [1.807, 2.05) is 13.0 Å². The van der Waals surface area contributed by atoms with Crippen molar-refractivity contribution in [2.45, 2.75) is 18.2 Å². The minimum Gasteiger partial charge on any atom is -0.336 e. The smallest absolute Gasteiger partial charge is 0.263 e. The van der Waals surface area contributed by atoms with Gasteiger partial charge in [-0.05, 0) is 24.6 Å². The number of fused-ring (bicyclic) bond motifs is 2. The average Bonchev–Trinajstić information content (AvgIpc) is 3.21. The Kier molecular flexibility index (Phi) is 3.24. The topological polar surface area (TPSA) is 114 Å². The van der Waals surface area contributed by atoms with Gasteiger partial charge in [-0.25, -0.2) is 13.4 Å². The molecule has 0 aliphatic carbocycles. The molecule has 8 nitrogen and oxygen atoms in total. The van der Waals surface area contributed by atoms with Gasteiger partial charge in [-0.15, -0.1) is 0 Å². The van der Waals surface area contributed by atoms with Crippen molar-refractivity contribution < 1.29 is 12.9 Å². The number of hydrogen-bond acceptors (Lipinski definition) is 6. The molecule has 3 aromatic heterocycles. The lowest BCUT2D eigenvalue weighted by atomic mass is 10.2. The van der Waals surface area contributed by atoms with E-state index in [-0.39, 0.29) is 4.90 Å². The van der Waals surface area contributed by atoms with Crippen LogP contribution in [-0.2, 0) is 16.4 Å². The van der Waals surface area contributed by atoms with Gasteiger partial charge >= 0.3 is 0 Å². The summed E-state index contributed by atoms with van der Waals surface area (Å²) in [6.45, 7) is 1.91. The van der Waals surface area contributed by atoms with Gasteiger partial charge < -0.3 is 4.52 Å². The molecule has 0 atom stereocenters. The Balaban J connectivity index is 1.78. The van der Waals surface area contributed by atoms with Gasteiger partial charge in [-0.2, -0.15) is 5.10 Å². The van der Waals surface area contributed by atoms with Crippen LogP contribution in [0.2, 0.25) is 0 Å². The summed E-state index contributed by atoms with van der Waals surface area (Å²) >= 11 is 0. The van der Waals surface area contributed by atoms with Gasteiger partial charge in [0.25, 0.3) is 15.7 Å². The van der Waals surface area contributed by atoms with E-state index in [0.717, 1.165) is 5.52 Å². The van der Waals surface area contributed by atoms with Crippen LogP contribution in [0.4, 0.5) is 5.69 Å². The number of aryl methyl sites for hydroxylation is 1. The average molecular weight is 343 g/mol. The van der Waals surface area contributed by atoms with E-state index in [4.69, 9.17) is 4.52 Å². The van der Waals surface area contributed by atoms with E-state index >= 15 is 0 Å². The Hall–Kier alpha value is -2.94. The minimum absolute atomic E-state index is 0.0494. The van der Waals surface area contributed by atoms with Crippen molar-refractivity contribution in [1.29, 1.82) is 0 Å². The molecular formula is C15H13N5O3S. The predicted octanol–water partition coefficient (Wildman–Crippen LogP) is 2.46. The Labute approximate surface area is 136 Å². The molecule has 0 amide bonds. The van der Waals surface area contributed by atoms with Gasteiger partial charge in [0.05, 0.1) is 34.7 Å². The van der Waals surface area contributed by atoms with Gasteiger partial charge in [-0.1, -0.05) is 18.1 Å². The molecule has 9 heteroatoms. The van der Waals surface area contributed by atoms with E-state index in [0.29, 0.717) is 34.3 Å². The lowest BCUT2D eigenvalue weighted by Crippen LogP contribution is -2.13. The number of rotatable bonds is 4. The summed E-state index contributed by atoms with van der Waals surface area (Å²) < 4.78 is 33.1. The van der Waals surface area contributed by atoms with Crippen molar-refractivity contribution >= 4 is 37.7 Å². The molecule has 3 heterocycles. The first kappa shape index (κ1) is 14.6. The third kappa shape index (κ3) is 2.29. The summed E-state index contributed by atoms with van der Waals surface area (Å²) in [5, 5.41) is 11.9. The summed E-state index contributed by atoms with van der Waals surface area (Å²) in [5.41, 5.74) is 2.19. The van der Waals surface area contributed by atoms with Gasteiger partial charge in [0.1, 0.15) is 4.90 Å². The van der Waals surface area contributed by atoms with E-state index in [2.05, 4.69) is 25.1 Å². The number of H-pyrrole nitrogens is 1. The molecule has 0 saturated carbocycles. The Bertz CT molecular complexity index is 1150. The standard InChI is InChI=1S/C15H13N5O3S/c1-2-12-10-6-9(7-16-15(10)23-19-12)24(21,22)20-14-5-3-4-13-11(14)8-17-18-13/h3-8,20H,2H2,1H3,(H,17,18). The second-order valence-corrected chi connectivity index (χ2v) is 6.93. The monoisotopic (exact) mass is 343 g/mol. The molecule has 4 rings (SSSR count). The number of pyridine rings is 1. The summed E-state index contributed by atoms with van der Waals surface area (Å²) in [6.07, 6.45) is 3.45. The van der Waals surface area contributed by atoms with Gasteiger partial charge in [-0.3, -0.25) is 9.82 Å². The molecule has 0 aliphatic heterocycles. The minimum atomic E-state index is -3.80. The third-order valence-corrected chi connectivity index (χ3v) is 5.09. The maximum Gasteiger partial charge on any atom is 0.263 e. The Morgan fingerprint density at radius 1 is 1.25 bits per heavy atom. The molecule has 122 valence electrons. The van der Waals surface area contributed by atoms with Crippen LogP contribution >= 0.6 is 0 Å². The first-order chi connectivity index (χ1) is 11.6. The van der Waals surface area contributed by atoms with Crippen LogP contribution in [0, 0.1) is 0 Å². The maximum absolute atomic E-state index is 12.7. The highest BCUT2D eigenvalue weighted by Gasteiger charge is 2.19. The molecule has 0 aliphatic rings. The summed E-state index contributed by atoms with van der Waals surface area (Å²) in [4.78, 5) is 4.09. The highest BCUT2D eigenvalue weighted by Crippen LogP contribution is 2.26. The van der Waals surface area contributed by atoms with Crippen LogP contribution in [0.5, 0.6) is 0 Å². The Morgan fingerprint density at radius 2 is 2.12 bits per heavy atom. The highest BCUT2D eigenvalue weighted by atomic mass is 32.2. The fourth-order valence-corrected chi connectivity index (χ4v) is 3.57. The first-order valence-electron chi connectivity index (χ1n) is 7.27. The molecule has 2 N–H and O–H groups in total. The van der Waals surface area contributed by atoms with Gasteiger partial charge in [0.15, 0.2) is 0 Å². The molecule has 0 bridgehead atoms. The quantitative estimate of drug-likeness (QED) is 0.588. The van der Waals surface area contributed by atoms with Gasteiger partial charge in [0, 0.05) is 5.39 Å². The molecule has 24 heavy (non-hydrogen) atoms. The first-order valence-corrected chi connectivity index (χ1v) is 8.76. The molecule has 0 radical (unpaired) electrons. The second kappa shape index (κ2) is 5.31. The van der Waals surface area contributed by atoms with E-state index in [1.54, 1.807) is 18.3 Å². The lowest BCUT2D eigenvalue weighted by molar-refractivity contribution is 0.439. The van der Waals surface area contributed by atoms with Crippen molar-refractivity contribution in [1.82, 2.24) is 20.3 Å².